The van der Waals surface area contributed by atoms with Gasteiger partial charge in [0.25, 0.3) is 0 Å². The fraction of sp³-hybridized carbons (Fsp3) is 1.00. The molecule has 1 atom stereocenters. The maximum Gasteiger partial charge on any atom is 0.130 e. The van der Waals surface area contributed by atoms with Crippen molar-refractivity contribution < 1.29 is 9.22 Å². The van der Waals surface area contributed by atoms with E-state index in [-0.39, 0.29) is 0 Å². The van der Waals surface area contributed by atoms with E-state index in [0.29, 0.717) is 6.10 Å². The molecule has 0 aromatic rings. The first-order valence-corrected chi connectivity index (χ1v) is 4.73. The van der Waals surface area contributed by atoms with Gasteiger partial charge in [-0.3, -0.25) is 0 Å². The van der Waals surface area contributed by atoms with Crippen molar-refractivity contribution >= 4 is 0 Å². The molecule has 1 aliphatic rings. The van der Waals surface area contributed by atoms with E-state index < -0.39 is 0 Å². The maximum atomic E-state index is 5.25. The van der Waals surface area contributed by atoms with Crippen LogP contribution in [0.15, 0.2) is 0 Å². The second kappa shape index (κ2) is 3.55. The lowest BCUT2D eigenvalue weighted by atomic mass is 10.3. The zero-order valence-corrected chi connectivity index (χ0v) is 7.97. The molecule has 1 unspecified atom stereocenters. The third-order valence-electron chi connectivity index (χ3n) is 3.01. The van der Waals surface area contributed by atoms with E-state index in [9.17, 15) is 0 Å². The Balaban J connectivity index is 2.39. The predicted molar refractivity (Wildman–Crippen MR) is 46.5 cm³/mol. The van der Waals surface area contributed by atoms with Gasteiger partial charge < -0.3 is 9.22 Å². The molecular weight excluding hydrogens is 138 g/mol. The van der Waals surface area contributed by atoms with E-state index in [2.05, 4.69) is 20.8 Å². The van der Waals surface area contributed by atoms with Crippen LogP contribution in [0.1, 0.15) is 20.8 Å². The summed E-state index contributed by atoms with van der Waals surface area (Å²) in [5.74, 6) is 0. The Hall–Kier alpha value is -0.0800. The van der Waals surface area contributed by atoms with Crippen LogP contribution in [0.4, 0.5) is 0 Å². The zero-order valence-electron chi connectivity index (χ0n) is 7.97. The summed E-state index contributed by atoms with van der Waals surface area (Å²) in [7, 11) is 0. The van der Waals surface area contributed by atoms with Crippen LogP contribution in [0.2, 0.25) is 0 Å². The lowest BCUT2D eigenvalue weighted by molar-refractivity contribution is -0.923. The van der Waals surface area contributed by atoms with Crippen LogP contribution in [0.3, 0.4) is 0 Å². The normalized spacial score (nSPS) is 23.7. The van der Waals surface area contributed by atoms with Gasteiger partial charge >= 0.3 is 0 Å². The molecule has 1 saturated heterocycles. The van der Waals surface area contributed by atoms with Gasteiger partial charge in [0.15, 0.2) is 0 Å². The standard InChI is InChI=1S/C9H20NO/c1-4-10(5-2,6-3)7-9-8-11-9/h9H,4-8H2,1-3H3/q+1. The number of ether oxygens (including phenoxy) is 1. The van der Waals surface area contributed by atoms with Crippen molar-refractivity contribution in [2.45, 2.75) is 26.9 Å². The van der Waals surface area contributed by atoms with Gasteiger partial charge in [-0.05, 0) is 20.8 Å². The molecule has 0 radical (unpaired) electrons. The summed E-state index contributed by atoms with van der Waals surface area (Å²) in [4.78, 5) is 0. The molecule has 0 saturated carbocycles. The summed E-state index contributed by atoms with van der Waals surface area (Å²) in [6.07, 6.45) is 0.579. The van der Waals surface area contributed by atoms with Crippen molar-refractivity contribution in [1.82, 2.24) is 0 Å². The summed E-state index contributed by atoms with van der Waals surface area (Å²) in [5.41, 5.74) is 0. The van der Waals surface area contributed by atoms with E-state index in [1.807, 2.05) is 0 Å². The highest BCUT2D eigenvalue weighted by Gasteiger charge is 2.33. The average Bonchev–Trinajstić information content (AvgIpc) is 2.84. The minimum absolute atomic E-state index is 0.579. The first kappa shape index (κ1) is 9.01. The number of epoxide rings is 1. The molecule has 1 rings (SSSR count). The lowest BCUT2D eigenvalue weighted by Crippen LogP contribution is -2.49. The topological polar surface area (TPSA) is 12.5 Å². The first-order chi connectivity index (χ1) is 5.26. The number of likely N-dealkylation sites (N-methyl/N-ethyl adjacent to an activating group) is 1. The minimum Gasteiger partial charge on any atom is -0.367 e. The molecule has 0 aliphatic carbocycles. The summed E-state index contributed by atoms with van der Waals surface area (Å²) >= 11 is 0. The largest absolute Gasteiger partial charge is 0.367 e. The Kier molecular flexibility index (Phi) is 2.90. The average molecular weight is 158 g/mol. The molecule has 0 bridgehead atoms. The number of quaternary nitrogens is 1. The second-order valence-corrected chi connectivity index (χ2v) is 3.43. The molecule has 11 heavy (non-hydrogen) atoms. The van der Waals surface area contributed by atoms with Gasteiger partial charge in [-0.25, -0.2) is 0 Å². The SMILES string of the molecule is CC[N+](CC)(CC)CC1CO1. The predicted octanol–water partition coefficient (Wildman–Crippen LogP) is 1.26. The number of hydrogen-bond donors (Lipinski definition) is 0. The monoisotopic (exact) mass is 158 g/mol. The van der Waals surface area contributed by atoms with Gasteiger partial charge in [-0.2, -0.15) is 0 Å². The number of rotatable bonds is 5. The van der Waals surface area contributed by atoms with E-state index in [0.717, 1.165) is 6.61 Å². The summed E-state index contributed by atoms with van der Waals surface area (Å²) in [5, 5.41) is 0. The van der Waals surface area contributed by atoms with Crippen LogP contribution < -0.4 is 0 Å². The molecule has 1 aliphatic heterocycles. The molecule has 1 fully saturated rings. The van der Waals surface area contributed by atoms with E-state index in [4.69, 9.17) is 4.74 Å². The quantitative estimate of drug-likeness (QED) is 0.433. The Morgan fingerprint density at radius 3 is 1.91 bits per heavy atom. The molecule has 0 aromatic heterocycles. The van der Waals surface area contributed by atoms with Crippen molar-refractivity contribution in [3.63, 3.8) is 0 Å². The summed E-state index contributed by atoms with van der Waals surface area (Å²) in [6, 6.07) is 0. The lowest BCUT2D eigenvalue weighted by Gasteiger charge is -2.35. The highest BCUT2D eigenvalue weighted by atomic mass is 16.6. The van der Waals surface area contributed by atoms with Gasteiger partial charge in [0, 0.05) is 0 Å². The molecule has 0 aromatic carbocycles. The van der Waals surface area contributed by atoms with Crippen LogP contribution in [0, 0.1) is 0 Å². The Morgan fingerprint density at radius 2 is 1.64 bits per heavy atom. The number of hydrogen-bond acceptors (Lipinski definition) is 1. The summed E-state index contributed by atoms with van der Waals surface area (Å²) < 4.78 is 6.48. The summed E-state index contributed by atoms with van der Waals surface area (Å²) in [6.45, 7) is 12.8. The van der Waals surface area contributed by atoms with Crippen LogP contribution >= 0.6 is 0 Å². The molecule has 0 spiro atoms. The van der Waals surface area contributed by atoms with Crippen molar-refractivity contribution in [2.75, 3.05) is 32.8 Å². The smallest absolute Gasteiger partial charge is 0.130 e. The second-order valence-electron chi connectivity index (χ2n) is 3.43. The van der Waals surface area contributed by atoms with Gasteiger partial charge in [-0.1, -0.05) is 0 Å². The van der Waals surface area contributed by atoms with Crippen molar-refractivity contribution in [3.8, 4) is 0 Å². The minimum atomic E-state index is 0.579. The molecule has 2 nitrogen and oxygen atoms in total. The molecule has 66 valence electrons. The third-order valence-corrected chi connectivity index (χ3v) is 3.01. The van der Waals surface area contributed by atoms with E-state index in [1.165, 1.54) is 30.7 Å². The van der Waals surface area contributed by atoms with Crippen LogP contribution in [0.5, 0.6) is 0 Å². The zero-order chi connectivity index (χ0) is 8.32. The Bertz CT molecular complexity index is 108. The van der Waals surface area contributed by atoms with Gasteiger partial charge in [-0.15, -0.1) is 0 Å². The van der Waals surface area contributed by atoms with Crippen LogP contribution in [-0.2, 0) is 4.74 Å². The highest BCUT2D eigenvalue weighted by Crippen LogP contribution is 2.16. The van der Waals surface area contributed by atoms with Gasteiger partial charge in [0.2, 0.25) is 0 Å². The fourth-order valence-corrected chi connectivity index (χ4v) is 1.66. The molecule has 1 heterocycles. The Morgan fingerprint density at radius 1 is 1.18 bits per heavy atom. The van der Waals surface area contributed by atoms with E-state index in [1.54, 1.807) is 0 Å². The van der Waals surface area contributed by atoms with Crippen LogP contribution in [-0.4, -0.2) is 43.4 Å². The fourth-order valence-electron chi connectivity index (χ4n) is 1.66. The molecule has 2 heteroatoms. The van der Waals surface area contributed by atoms with Gasteiger partial charge in [0.05, 0.1) is 26.2 Å². The molecular formula is C9H20NO+. The highest BCUT2D eigenvalue weighted by molar-refractivity contribution is 4.68. The Labute approximate surface area is 69.7 Å². The van der Waals surface area contributed by atoms with Gasteiger partial charge in [0.1, 0.15) is 12.6 Å². The maximum absolute atomic E-state index is 5.25. The van der Waals surface area contributed by atoms with E-state index >= 15 is 0 Å². The van der Waals surface area contributed by atoms with Crippen molar-refractivity contribution in [3.05, 3.63) is 0 Å². The molecule has 0 N–H and O–H groups in total. The van der Waals surface area contributed by atoms with Crippen molar-refractivity contribution in [1.29, 1.82) is 0 Å². The van der Waals surface area contributed by atoms with Crippen molar-refractivity contribution in [2.24, 2.45) is 0 Å². The van der Waals surface area contributed by atoms with Crippen LogP contribution in [0.25, 0.3) is 0 Å². The number of nitrogens with zero attached hydrogens (tertiary/aromatic N) is 1. The first-order valence-electron chi connectivity index (χ1n) is 4.73. The third kappa shape index (κ3) is 2.17. The molecule has 0 amide bonds.